The van der Waals surface area contributed by atoms with Gasteiger partial charge in [-0.25, -0.2) is 0 Å². The Morgan fingerprint density at radius 1 is 0.583 bits per heavy atom. The Bertz CT molecular complexity index is 177. The molecule has 0 heterocycles. The van der Waals surface area contributed by atoms with E-state index in [4.69, 9.17) is 0 Å². The molecule has 0 aromatic carbocycles. The van der Waals surface area contributed by atoms with Crippen molar-refractivity contribution in [2.24, 2.45) is 0 Å². The fraction of sp³-hybridized carbons (Fsp3) is 1.00. The van der Waals surface area contributed by atoms with Crippen molar-refractivity contribution in [2.45, 2.75) is 138 Å². The van der Waals surface area contributed by atoms with Crippen molar-refractivity contribution in [3.8, 4) is 0 Å². The lowest BCUT2D eigenvalue weighted by Crippen LogP contribution is -2.31. The van der Waals surface area contributed by atoms with E-state index in [9.17, 15) is 0 Å². The lowest BCUT2D eigenvalue weighted by molar-refractivity contribution is 0.228. The smallest absolute Gasteiger partial charge is 0.00384 e. The lowest BCUT2D eigenvalue weighted by atomic mass is 10.1. The zero-order valence-electron chi connectivity index (χ0n) is 18.9. The molecule has 0 rings (SSSR count). The first-order valence-electron chi connectivity index (χ1n) is 11.4. The van der Waals surface area contributed by atoms with Crippen LogP contribution >= 0.6 is 0 Å². The number of nitrogens with zero attached hydrogens (tertiary/aromatic N) is 1. The molecule has 0 unspecified atom stereocenters. The van der Waals surface area contributed by atoms with E-state index in [1.54, 1.807) is 0 Å². The van der Waals surface area contributed by atoms with E-state index < -0.39 is 0 Å². The van der Waals surface area contributed by atoms with Crippen LogP contribution in [0.1, 0.15) is 132 Å². The fourth-order valence-electron chi connectivity index (χ4n) is 2.76. The van der Waals surface area contributed by atoms with Crippen molar-refractivity contribution in [1.29, 1.82) is 0 Å². The molecule has 0 saturated heterocycles. The van der Waals surface area contributed by atoms with Gasteiger partial charge in [0.15, 0.2) is 0 Å². The molecule has 1 heteroatoms. The van der Waals surface area contributed by atoms with E-state index in [2.05, 4.69) is 46.4 Å². The summed E-state index contributed by atoms with van der Waals surface area (Å²) in [6.07, 6.45) is 17.1. The molecule has 0 aliphatic rings. The summed E-state index contributed by atoms with van der Waals surface area (Å²) in [5, 5.41) is 0. The summed E-state index contributed by atoms with van der Waals surface area (Å²) in [5.74, 6) is 0. The molecule has 0 aromatic heterocycles. The van der Waals surface area contributed by atoms with Gasteiger partial charge in [-0.15, -0.1) is 0 Å². The molecule has 0 aliphatic carbocycles. The van der Waals surface area contributed by atoms with Crippen molar-refractivity contribution in [2.75, 3.05) is 13.1 Å². The van der Waals surface area contributed by atoms with Gasteiger partial charge in [-0.3, -0.25) is 0 Å². The van der Waals surface area contributed by atoms with Gasteiger partial charge >= 0.3 is 0 Å². The molecule has 0 bridgehead atoms. The summed E-state index contributed by atoms with van der Waals surface area (Å²) in [6, 6.07) is 0.716. The molecule has 0 radical (unpaired) electrons. The average Bonchev–Trinajstić information content (AvgIpc) is 2.58. The number of hydrogen-bond donors (Lipinski definition) is 0. The Morgan fingerprint density at radius 3 is 1.21 bits per heavy atom. The van der Waals surface area contributed by atoms with Crippen LogP contribution in [-0.4, -0.2) is 24.0 Å². The zero-order chi connectivity index (χ0) is 19.1. The third-order valence-corrected chi connectivity index (χ3v) is 4.19. The summed E-state index contributed by atoms with van der Waals surface area (Å²) >= 11 is 0. The van der Waals surface area contributed by atoms with Crippen LogP contribution in [0.5, 0.6) is 0 Å². The lowest BCUT2D eigenvalue weighted by Gasteiger charge is -2.24. The first kappa shape index (κ1) is 28.8. The summed E-state index contributed by atoms with van der Waals surface area (Å²) < 4.78 is 0. The molecule has 0 aliphatic heterocycles. The number of unbranched alkanes of at least 4 members (excludes halogenated alkanes) is 10. The van der Waals surface area contributed by atoms with Gasteiger partial charge in [-0.2, -0.15) is 0 Å². The van der Waals surface area contributed by atoms with Gasteiger partial charge < -0.3 is 4.90 Å². The topological polar surface area (TPSA) is 3.24 Å². The Hall–Kier alpha value is -0.0400. The van der Waals surface area contributed by atoms with Crippen molar-refractivity contribution in [3.05, 3.63) is 0 Å². The minimum Gasteiger partial charge on any atom is -0.301 e. The molecule has 0 fully saturated rings. The predicted molar refractivity (Wildman–Crippen MR) is 116 cm³/mol. The molecule has 0 aromatic rings. The summed E-state index contributed by atoms with van der Waals surface area (Å²) in [7, 11) is 0. The standard InChI is InChI=1S/C18H39N.C3H8.C2H6/c1-5-7-8-9-10-11-12-13-14-15-16-17-19(6-2)18(3)4;1-3-2;1-2/h18H,5-17H2,1-4H3;3H2,1-2H3;1-2H3. The minimum absolute atomic E-state index is 0.716. The highest BCUT2D eigenvalue weighted by Crippen LogP contribution is 2.11. The molecule has 0 spiro atoms. The van der Waals surface area contributed by atoms with Crippen LogP contribution in [0.2, 0.25) is 0 Å². The first-order valence-corrected chi connectivity index (χ1v) is 11.4. The largest absolute Gasteiger partial charge is 0.301 e. The van der Waals surface area contributed by atoms with Gasteiger partial charge in [0.2, 0.25) is 0 Å². The monoisotopic (exact) mass is 343 g/mol. The van der Waals surface area contributed by atoms with Gasteiger partial charge in [0.05, 0.1) is 0 Å². The normalized spacial score (nSPS) is 10.2. The Labute approximate surface area is 157 Å². The number of rotatable bonds is 14. The molecule has 24 heavy (non-hydrogen) atoms. The van der Waals surface area contributed by atoms with E-state index in [-0.39, 0.29) is 0 Å². The van der Waals surface area contributed by atoms with Gasteiger partial charge in [0.1, 0.15) is 0 Å². The van der Waals surface area contributed by atoms with E-state index in [1.807, 2.05) is 13.8 Å². The Morgan fingerprint density at radius 2 is 0.917 bits per heavy atom. The van der Waals surface area contributed by atoms with E-state index in [0.717, 1.165) is 0 Å². The zero-order valence-corrected chi connectivity index (χ0v) is 18.9. The maximum absolute atomic E-state index is 2.58. The summed E-state index contributed by atoms with van der Waals surface area (Å²) in [4.78, 5) is 2.58. The molecule has 1 nitrogen and oxygen atoms in total. The molecule has 0 amide bonds. The second-order valence-corrected chi connectivity index (χ2v) is 6.96. The molecule has 0 saturated carbocycles. The highest BCUT2D eigenvalue weighted by molar-refractivity contribution is 4.60. The highest BCUT2D eigenvalue weighted by atomic mass is 15.1. The third kappa shape index (κ3) is 26.8. The quantitative estimate of drug-likeness (QED) is 0.286. The van der Waals surface area contributed by atoms with E-state index in [1.165, 1.54) is 90.1 Å². The van der Waals surface area contributed by atoms with Crippen LogP contribution in [0.4, 0.5) is 0 Å². The Balaban J connectivity index is -0.000000786. The van der Waals surface area contributed by atoms with Gasteiger partial charge in [-0.05, 0) is 33.4 Å². The maximum atomic E-state index is 2.58. The average molecular weight is 344 g/mol. The van der Waals surface area contributed by atoms with Crippen LogP contribution < -0.4 is 0 Å². The van der Waals surface area contributed by atoms with Crippen molar-refractivity contribution < 1.29 is 0 Å². The molecule has 0 atom stereocenters. The van der Waals surface area contributed by atoms with Crippen LogP contribution in [-0.2, 0) is 0 Å². The fourth-order valence-corrected chi connectivity index (χ4v) is 2.76. The van der Waals surface area contributed by atoms with Crippen LogP contribution in [0.15, 0.2) is 0 Å². The van der Waals surface area contributed by atoms with Crippen LogP contribution in [0.3, 0.4) is 0 Å². The van der Waals surface area contributed by atoms with Crippen molar-refractivity contribution in [1.82, 2.24) is 4.90 Å². The highest BCUT2D eigenvalue weighted by Gasteiger charge is 2.05. The maximum Gasteiger partial charge on any atom is 0.00384 e. The number of hydrogen-bond acceptors (Lipinski definition) is 1. The van der Waals surface area contributed by atoms with E-state index in [0.29, 0.717) is 6.04 Å². The Kier molecular flexibility index (Phi) is 33.3. The van der Waals surface area contributed by atoms with Crippen LogP contribution in [0.25, 0.3) is 0 Å². The SMILES string of the molecule is CC.CCC.CCCCCCCCCCCCCN(CC)C(C)C. The summed E-state index contributed by atoms with van der Waals surface area (Å²) in [6.45, 7) is 19.9. The first-order chi connectivity index (χ1) is 11.6. The second kappa shape index (κ2) is 27.8. The van der Waals surface area contributed by atoms with Gasteiger partial charge in [0, 0.05) is 6.04 Å². The second-order valence-electron chi connectivity index (χ2n) is 6.96. The molecular formula is C23H53N. The van der Waals surface area contributed by atoms with Gasteiger partial charge in [0.25, 0.3) is 0 Å². The predicted octanol–water partition coefficient (Wildman–Crippen LogP) is 8.47. The third-order valence-electron chi connectivity index (χ3n) is 4.19. The summed E-state index contributed by atoms with van der Waals surface area (Å²) in [5.41, 5.74) is 0. The van der Waals surface area contributed by atoms with Crippen molar-refractivity contribution in [3.63, 3.8) is 0 Å². The van der Waals surface area contributed by atoms with E-state index >= 15 is 0 Å². The van der Waals surface area contributed by atoms with Crippen molar-refractivity contribution >= 4 is 0 Å². The molecular weight excluding hydrogens is 290 g/mol. The molecule has 150 valence electrons. The van der Waals surface area contributed by atoms with Gasteiger partial charge in [-0.1, -0.05) is 112 Å². The molecule has 0 N–H and O–H groups in total. The van der Waals surface area contributed by atoms with Crippen LogP contribution in [0, 0.1) is 0 Å². The minimum atomic E-state index is 0.716.